The molecule has 0 amide bonds. The van der Waals surface area contributed by atoms with Crippen molar-refractivity contribution in [1.29, 1.82) is 0 Å². The summed E-state index contributed by atoms with van der Waals surface area (Å²) in [5, 5.41) is 3.28. The molecule has 1 aliphatic rings. The summed E-state index contributed by atoms with van der Waals surface area (Å²) in [5.41, 5.74) is 0. The highest BCUT2D eigenvalue weighted by atomic mass is 16.5. The molecule has 0 radical (unpaired) electrons. The molecule has 1 fully saturated rings. The molecule has 1 heterocycles. The number of esters is 1. The molecule has 0 aromatic carbocycles. The van der Waals surface area contributed by atoms with Crippen LogP contribution in [-0.2, 0) is 9.53 Å². The summed E-state index contributed by atoms with van der Waals surface area (Å²) in [6, 6.07) is 0.541. The van der Waals surface area contributed by atoms with Crippen LogP contribution in [0.1, 0.15) is 26.7 Å². The van der Waals surface area contributed by atoms with Gasteiger partial charge in [-0.2, -0.15) is 0 Å². The van der Waals surface area contributed by atoms with Crippen LogP contribution in [0.4, 0.5) is 0 Å². The van der Waals surface area contributed by atoms with E-state index in [1.807, 2.05) is 0 Å². The zero-order valence-electron chi connectivity index (χ0n) is 7.09. The average molecular weight is 157 g/mol. The van der Waals surface area contributed by atoms with Gasteiger partial charge in [0.15, 0.2) is 0 Å². The van der Waals surface area contributed by atoms with E-state index < -0.39 is 0 Å². The summed E-state index contributed by atoms with van der Waals surface area (Å²) in [5.74, 6) is -0.173. The first-order valence-electron chi connectivity index (χ1n) is 4.13. The molecule has 1 aliphatic heterocycles. The number of hydrogen-bond acceptors (Lipinski definition) is 3. The van der Waals surface area contributed by atoms with Crippen molar-refractivity contribution in [3.05, 3.63) is 0 Å². The second kappa shape index (κ2) is 3.72. The lowest BCUT2D eigenvalue weighted by atomic mass is 10.1. The molecule has 3 heteroatoms. The topological polar surface area (TPSA) is 38.3 Å². The zero-order valence-corrected chi connectivity index (χ0v) is 7.09. The van der Waals surface area contributed by atoms with E-state index in [0.717, 1.165) is 19.4 Å². The Hall–Kier alpha value is -0.570. The predicted molar refractivity (Wildman–Crippen MR) is 42.3 cm³/mol. The molecule has 3 nitrogen and oxygen atoms in total. The summed E-state index contributed by atoms with van der Waals surface area (Å²) < 4.78 is 5.04. The molecule has 0 aromatic rings. The van der Waals surface area contributed by atoms with E-state index in [1.165, 1.54) is 6.92 Å². The van der Waals surface area contributed by atoms with Crippen molar-refractivity contribution in [3.8, 4) is 0 Å². The molecule has 0 aromatic heterocycles. The Morgan fingerprint density at radius 3 is 2.91 bits per heavy atom. The summed E-state index contributed by atoms with van der Waals surface area (Å²) in [6.07, 6.45) is 2.19. The molecule has 64 valence electrons. The Morgan fingerprint density at radius 1 is 1.73 bits per heavy atom. The minimum absolute atomic E-state index is 0.109. The van der Waals surface area contributed by atoms with Crippen LogP contribution in [0.5, 0.6) is 0 Å². The Kier molecular flexibility index (Phi) is 2.88. The lowest BCUT2D eigenvalue weighted by Gasteiger charge is -2.08. The maximum Gasteiger partial charge on any atom is 0.302 e. The van der Waals surface area contributed by atoms with Crippen molar-refractivity contribution in [2.45, 2.75) is 38.8 Å². The maximum absolute atomic E-state index is 10.5. The first-order chi connectivity index (χ1) is 5.22. The van der Waals surface area contributed by atoms with Crippen molar-refractivity contribution in [2.75, 3.05) is 6.54 Å². The van der Waals surface area contributed by atoms with Gasteiger partial charge < -0.3 is 10.1 Å². The summed E-state index contributed by atoms with van der Waals surface area (Å²) in [4.78, 5) is 10.5. The number of ether oxygens (including phenoxy) is 1. The van der Waals surface area contributed by atoms with Crippen LogP contribution >= 0.6 is 0 Å². The Labute approximate surface area is 67.1 Å². The Balaban J connectivity index is 2.24. The van der Waals surface area contributed by atoms with Gasteiger partial charge in [0.05, 0.1) is 0 Å². The number of hydrogen-bond donors (Lipinski definition) is 1. The summed E-state index contributed by atoms with van der Waals surface area (Å²) >= 11 is 0. The summed E-state index contributed by atoms with van der Waals surface area (Å²) in [6.45, 7) is 4.41. The van der Waals surface area contributed by atoms with E-state index in [2.05, 4.69) is 12.2 Å². The van der Waals surface area contributed by atoms with Crippen molar-refractivity contribution in [3.63, 3.8) is 0 Å². The van der Waals surface area contributed by atoms with Gasteiger partial charge in [0.25, 0.3) is 0 Å². The lowest BCUT2D eigenvalue weighted by Crippen LogP contribution is -2.21. The largest absolute Gasteiger partial charge is 0.461 e. The van der Waals surface area contributed by atoms with Crippen LogP contribution in [-0.4, -0.2) is 24.7 Å². The van der Waals surface area contributed by atoms with Crippen LogP contribution in [0.15, 0.2) is 0 Å². The average Bonchev–Trinajstić information content (AvgIpc) is 2.34. The Morgan fingerprint density at radius 2 is 2.45 bits per heavy atom. The number of carbonyl (C=O) groups excluding carboxylic acids is 1. The van der Waals surface area contributed by atoms with Gasteiger partial charge in [-0.3, -0.25) is 4.79 Å². The van der Waals surface area contributed by atoms with Gasteiger partial charge in [0, 0.05) is 25.9 Å². The molecule has 2 unspecified atom stereocenters. The first-order valence-corrected chi connectivity index (χ1v) is 4.13. The number of nitrogens with one attached hydrogen (secondary N) is 1. The monoisotopic (exact) mass is 157 g/mol. The second-order valence-corrected chi connectivity index (χ2v) is 2.98. The van der Waals surface area contributed by atoms with E-state index in [-0.39, 0.29) is 12.1 Å². The van der Waals surface area contributed by atoms with Crippen molar-refractivity contribution in [1.82, 2.24) is 5.32 Å². The van der Waals surface area contributed by atoms with Gasteiger partial charge in [0.2, 0.25) is 0 Å². The van der Waals surface area contributed by atoms with Gasteiger partial charge in [-0.25, -0.2) is 0 Å². The van der Waals surface area contributed by atoms with Crippen LogP contribution in [0.3, 0.4) is 0 Å². The molecule has 1 N–H and O–H groups in total. The van der Waals surface area contributed by atoms with Crippen molar-refractivity contribution >= 4 is 5.97 Å². The SMILES string of the molecule is CCC1CC(OC(C)=O)CN1. The standard InChI is InChI=1S/C8H15NO2/c1-3-7-4-8(5-9-7)11-6(2)10/h7-9H,3-5H2,1-2H3. The predicted octanol–water partition coefficient (Wildman–Crippen LogP) is 0.690. The second-order valence-electron chi connectivity index (χ2n) is 2.98. The van der Waals surface area contributed by atoms with E-state index in [1.54, 1.807) is 0 Å². The van der Waals surface area contributed by atoms with Gasteiger partial charge >= 0.3 is 5.97 Å². The molecule has 0 saturated carbocycles. The van der Waals surface area contributed by atoms with Crippen molar-refractivity contribution in [2.24, 2.45) is 0 Å². The normalized spacial score (nSPS) is 30.4. The fraction of sp³-hybridized carbons (Fsp3) is 0.875. The van der Waals surface area contributed by atoms with Gasteiger partial charge in [-0.1, -0.05) is 6.92 Å². The molecule has 2 atom stereocenters. The number of rotatable bonds is 2. The molecular weight excluding hydrogens is 142 g/mol. The maximum atomic E-state index is 10.5. The third kappa shape index (κ3) is 2.50. The fourth-order valence-electron chi connectivity index (χ4n) is 1.42. The minimum Gasteiger partial charge on any atom is -0.461 e. The van der Waals surface area contributed by atoms with E-state index >= 15 is 0 Å². The van der Waals surface area contributed by atoms with Crippen LogP contribution in [0, 0.1) is 0 Å². The molecular formula is C8H15NO2. The number of carbonyl (C=O) groups is 1. The van der Waals surface area contributed by atoms with Crippen LogP contribution in [0.25, 0.3) is 0 Å². The highest BCUT2D eigenvalue weighted by Crippen LogP contribution is 2.12. The molecule has 1 saturated heterocycles. The Bertz CT molecular complexity index is 147. The zero-order chi connectivity index (χ0) is 8.27. The molecule has 0 spiro atoms. The highest BCUT2D eigenvalue weighted by Gasteiger charge is 2.24. The van der Waals surface area contributed by atoms with E-state index in [4.69, 9.17) is 4.74 Å². The molecule has 1 rings (SSSR count). The van der Waals surface area contributed by atoms with Crippen molar-refractivity contribution < 1.29 is 9.53 Å². The van der Waals surface area contributed by atoms with E-state index in [9.17, 15) is 4.79 Å². The van der Waals surface area contributed by atoms with Crippen LogP contribution in [0.2, 0.25) is 0 Å². The lowest BCUT2D eigenvalue weighted by molar-refractivity contribution is -0.145. The van der Waals surface area contributed by atoms with Gasteiger partial charge in [0.1, 0.15) is 6.10 Å². The van der Waals surface area contributed by atoms with Gasteiger partial charge in [-0.15, -0.1) is 0 Å². The van der Waals surface area contributed by atoms with Gasteiger partial charge in [-0.05, 0) is 6.42 Å². The smallest absolute Gasteiger partial charge is 0.302 e. The fourth-order valence-corrected chi connectivity index (χ4v) is 1.42. The molecule has 0 aliphatic carbocycles. The van der Waals surface area contributed by atoms with E-state index in [0.29, 0.717) is 6.04 Å². The minimum atomic E-state index is -0.173. The third-order valence-electron chi connectivity index (χ3n) is 2.01. The highest BCUT2D eigenvalue weighted by molar-refractivity contribution is 5.66. The third-order valence-corrected chi connectivity index (χ3v) is 2.01. The first kappa shape index (κ1) is 8.53. The summed E-state index contributed by atoms with van der Waals surface area (Å²) in [7, 11) is 0. The molecule has 0 bridgehead atoms. The van der Waals surface area contributed by atoms with Crippen LogP contribution < -0.4 is 5.32 Å². The quantitative estimate of drug-likeness (QED) is 0.599. The molecule has 11 heavy (non-hydrogen) atoms.